The first-order valence-electron chi connectivity index (χ1n) is 27.8. The van der Waals surface area contributed by atoms with E-state index in [2.05, 4.69) is 81.5 Å². The molecule has 0 aliphatic carbocycles. The first-order valence-corrected chi connectivity index (χ1v) is 27.8. The number of allylic oxidation sites excluding steroid dienone is 10. The fourth-order valence-corrected chi connectivity index (χ4v) is 7.88. The Morgan fingerprint density at radius 1 is 0.323 bits per heavy atom. The maximum absolute atomic E-state index is 12.8. The van der Waals surface area contributed by atoms with Crippen molar-refractivity contribution in [2.45, 2.75) is 284 Å². The minimum atomic E-state index is -0.788. The molecule has 376 valence electrons. The van der Waals surface area contributed by atoms with Crippen LogP contribution in [0.2, 0.25) is 0 Å². The van der Waals surface area contributed by atoms with Crippen molar-refractivity contribution in [2.75, 3.05) is 13.2 Å². The summed E-state index contributed by atoms with van der Waals surface area (Å²) in [5.41, 5.74) is 0. The highest BCUT2D eigenvalue weighted by molar-refractivity contribution is 5.71. The van der Waals surface area contributed by atoms with Gasteiger partial charge in [0.15, 0.2) is 6.10 Å². The highest BCUT2D eigenvalue weighted by atomic mass is 16.6. The predicted molar refractivity (Wildman–Crippen MR) is 279 cm³/mol. The zero-order valence-electron chi connectivity index (χ0n) is 43.0. The molecule has 0 rings (SSSR count). The molecule has 0 saturated carbocycles. The number of rotatable bonds is 50. The maximum Gasteiger partial charge on any atom is 0.306 e. The Hall–Kier alpha value is -2.89. The third-order valence-corrected chi connectivity index (χ3v) is 12.0. The van der Waals surface area contributed by atoms with Gasteiger partial charge in [0.2, 0.25) is 0 Å². The maximum atomic E-state index is 12.8. The molecule has 0 heterocycles. The van der Waals surface area contributed by atoms with Crippen LogP contribution >= 0.6 is 0 Å². The van der Waals surface area contributed by atoms with Crippen LogP contribution < -0.4 is 0 Å². The number of esters is 3. The molecular formula is C59H104O6. The molecule has 0 amide bonds. The molecule has 0 N–H and O–H groups in total. The summed E-state index contributed by atoms with van der Waals surface area (Å²) in [6.45, 7) is 6.52. The van der Waals surface area contributed by atoms with Crippen molar-refractivity contribution in [1.29, 1.82) is 0 Å². The van der Waals surface area contributed by atoms with E-state index in [4.69, 9.17) is 14.2 Å². The van der Waals surface area contributed by atoms with Crippen LogP contribution in [-0.4, -0.2) is 37.2 Å². The average Bonchev–Trinajstić information content (AvgIpc) is 3.30. The number of carbonyl (C=O) groups excluding carboxylic acids is 3. The van der Waals surface area contributed by atoms with Gasteiger partial charge in [-0.15, -0.1) is 0 Å². The van der Waals surface area contributed by atoms with Gasteiger partial charge in [-0.3, -0.25) is 14.4 Å². The minimum absolute atomic E-state index is 0.0839. The first-order chi connectivity index (χ1) is 32.0. The summed E-state index contributed by atoms with van der Waals surface area (Å²) in [7, 11) is 0. The van der Waals surface area contributed by atoms with Gasteiger partial charge in [-0.05, 0) is 64.2 Å². The molecule has 65 heavy (non-hydrogen) atoms. The van der Waals surface area contributed by atoms with Crippen LogP contribution in [0, 0.1) is 0 Å². The second kappa shape index (κ2) is 53.7. The summed E-state index contributed by atoms with van der Waals surface area (Å²) in [4.78, 5) is 38.1. The summed E-state index contributed by atoms with van der Waals surface area (Å²) >= 11 is 0. The Morgan fingerprint density at radius 2 is 0.600 bits per heavy atom. The first kappa shape index (κ1) is 62.1. The Kier molecular flexibility index (Phi) is 51.3. The summed E-state index contributed by atoms with van der Waals surface area (Å²) in [6.07, 6.45) is 66.3. The van der Waals surface area contributed by atoms with Crippen molar-refractivity contribution in [3.05, 3.63) is 60.8 Å². The van der Waals surface area contributed by atoms with Gasteiger partial charge < -0.3 is 14.2 Å². The molecule has 0 aliphatic heterocycles. The SMILES string of the molecule is CC/C=C\C/C=C\C/C=C\C/C=C\C/C=C\CCCCCC(=O)O[C@@H](COC(=O)CCCCCCCCCCCCCCC)COC(=O)CCCCCCCCCCCCCCCCC. The summed E-state index contributed by atoms with van der Waals surface area (Å²) < 4.78 is 16.8. The Balaban J connectivity index is 4.42. The fourth-order valence-electron chi connectivity index (χ4n) is 7.88. The zero-order chi connectivity index (χ0) is 47.2. The summed E-state index contributed by atoms with van der Waals surface area (Å²) in [5.74, 6) is -0.904. The minimum Gasteiger partial charge on any atom is -0.462 e. The molecule has 0 unspecified atom stereocenters. The largest absolute Gasteiger partial charge is 0.462 e. The van der Waals surface area contributed by atoms with Crippen molar-refractivity contribution in [1.82, 2.24) is 0 Å². The number of unbranched alkanes of at least 4 members (excludes halogenated alkanes) is 29. The van der Waals surface area contributed by atoms with E-state index in [1.54, 1.807) is 0 Å². The second-order valence-electron chi connectivity index (χ2n) is 18.5. The van der Waals surface area contributed by atoms with Gasteiger partial charge in [-0.1, -0.05) is 255 Å². The zero-order valence-corrected chi connectivity index (χ0v) is 43.0. The van der Waals surface area contributed by atoms with E-state index in [1.807, 2.05) is 0 Å². The van der Waals surface area contributed by atoms with Crippen LogP contribution in [0.15, 0.2) is 60.8 Å². The van der Waals surface area contributed by atoms with Crippen molar-refractivity contribution in [2.24, 2.45) is 0 Å². The highest BCUT2D eigenvalue weighted by Crippen LogP contribution is 2.16. The smallest absolute Gasteiger partial charge is 0.306 e. The topological polar surface area (TPSA) is 78.9 Å². The van der Waals surface area contributed by atoms with Gasteiger partial charge in [-0.2, -0.15) is 0 Å². The molecule has 0 aromatic rings. The summed E-state index contributed by atoms with van der Waals surface area (Å²) in [6, 6.07) is 0. The predicted octanol–water partition coefficient (Wildman–Crippen LogP) is 18.4. The summed E-state index contributed by atoms with van der Waals surface area (Å²) in [5, 5.41) is 0. The number of hydrogen-bond acceptors (Lipinski definition) is 6. The molecule has 0 bridgehead atoms. The molecule has 0 saturated heterocycles. The second-order valence-corrected chi connectivity index (χ2v) is 18.5. The Bertz CT molecular complexity index is 1180. The molecule has 6 nitrogen and oxygen atoms in total. The molecule has 0 aromatic heterocycles. The highest BCUT2D eigenvalue weighted by Gasteiger charge is 2.19. The van der Waals surface area contributed by atoms with E-state index < -0.39 is 6.10 Å². The van der Waals surface area contributed by atoms with Crippen LogP contribution in [0.25, 0.3) is 0 Å². The molecule has 1 atom stereocenters. The van der Waals surface area contributed by atoms with E-state index in [1.165, 1.54) is 141 Å². The quantitative estimate of drug-likeness (QED) is 0.0262. The van der Waals surface area contributed by atoms with Gasteiger partial charge in [0, 0.05) is 19.3 Å². The number of hydrogen-bond donors (Lipinski definition) is 0. The van der Waals surface area contributed by atoms with E-state index in [9.17, 15) is 14.4 Å². The molecule has 6 heteroatoms. The Morgan fingerprint density at radius 3 is 0.938 bits per heavy atom. The fraction of sp³-hybridized carbons (Fsp3) is 0.780. The van der Waals surface area contributed by atoms with Crippen LogP contribution in [0.1, 0.15) is 278 Å². The van der Waals surface area contributed by atoms with Crippen molar-refractivity contribution in [3.63, 3.8) is 0 Å². The van der Waals surface area contributed by atoms with Gasteiger partial charge in [0.25, 0.3) is 0 Å². The van der Waals surface area contributed by atoms with Gasteiger partial charge >= 0.3 is 17.9 Å². The van der Waals surface area contributed by atoms with Gasteiger partial charge in [0.05, 0.1) is 0 Å². The van der Waals surface area contributed by atoms with E-state index in [0.29, 0.717) is 19.3 Å². The Labute approximate surface area is 402 Å². The van der Waals surface area contributed by atoms with Gasteiger partial charge in [0.1, 0.15) is 13.2 Å². The van der Waals surface area contributed by atoms with E-state index in [-0.39, 0.29) is 31.1 Å². The lowest BCUT2D eigenvalue weighted by molar-refractivity contribution is -0.167. The van der Waals surface area contributed by atoms with Crippen LogP contribution in [0.3, 0.4) is 0 Å². The normalized spacial score (nSPS) is 12.5. The van der Waals surface area contributed by atoms with Crippen molar-refractivity contribution >= 4 is 17.9 Å². The number of carbonyl (C=O) groups is 3. The van der Waals surface area contributed by atoms with Crippen LogP contribution in [-0.2, 0) is 28.6 Å². The van der Waals surface area contributed by atoms with E-state index >= 15 is 0 Å². The van der Waals surface area contributed by atoms with Gasteiger partial charge in [-0.25, -0.2) is 0 Å². The third kappa shape index (κ3) is 51.9. The molecule has 0 fully saturated rings. The monoisotopic (exact) mass is 909 g/mol. The molecule has 0 spiro atoms. The van der Waals surface area contributed by atoms with Crippen molar-refractivity contribution < 1.29 is 28.6 Å². The van der Waals surface area contributed by atoms with Crippen molar-refractivity contribution in [3.8, 4) is 0 Å². The lowest BCUT2D eigenvalue weighted by Gasteiger charge is -2.18. The number of ether oxygens (including phenoxy) is 3. The standard InChI is InChI=1S/C59H104O6/c1-4-7-10-13-16-19-22-25-27-28-29-30-32-35-38-41-44-47-50-53-59(62)65-56(54-63-57(60)51-48-45-42-39-36-33-24-21-18-15-12-9-6-3)55-64-58(61)52-49-46-43-40-37-34-31-26-23-20-17-14-11-8-5-2/h7,10,16,19,25,27,29-30,35,38,56H,4-6,8-9,11-15,17-18,20-24,26,28,31-34,36-37,39-55H2,1-3H3/b10-7-,19-16-,27-25-,30-29-,38-35-/t56-/m0/s1. The lowest BCUT2D eigenvalue weighted by Crippen LogP contribution is -2.30. The van der Waals surface area contributed by atoms with E-state index in [0.717, 1.165) is 96.3 Å². The third-order valence-electron chi connectivity index (χ3n) is 12.0. The molecule has 0 radical (unpaired) electrons. The lowest BCUT2D eigenvalue weighted by atomic mass is 10.0. The van der Waals surface area contributed by atoms with Crippen LogP contribution in [0.5, 0.6) is 0 Å². The molecular weight excluding hydrogens is 805 g/mol. The average molecular weight is 909 g/mol. The molecule has 0 aromatic carbocycles. The van der Waals surface area contributed by atoms with Crippen LogP contribution in [0.4, 0.5) is 0 Å². The molecule has 0 aliphatic rings.